The molecule has 0 unspecified atom stereocenters. The van der Waals surface area contributed by atoms with Gasteiger partial charge in [-0.1, -0.05) is 47.5 Å². The van der Waals surface area contributed by atoms with Crippen molar-refractivity contribution in [2.75, 3.05) is 7.11 Å². The topological polar surface area (TPSA) is 40.8 Å². The summed E-state index contributed by atoms with van der Waals surface area (Å²) in [5.74, 6) is 0.0148. The van der Waals surface area contributed by atoms with Gasteiger partial charge in [-0.2, -0.15) is 0 Å². The minimum absolute atomic E-state index is 0.0148. The van der Waals surface area contributed by atoms with E-state index in [1.165, 1.54) is 16.7 Å². The van der Waals surface area contributed by atoms with Crippen LogP contribution in [0, 0.1) is 0 Å². The lowest BCUT2D eigenvalue weighted by Gasteiger charge is -2.18. The molecule has 0 radical (unpaired) electrons. The number of aromatic amines is 2. The lowest BCUT2D eigenvalue weighted by Crippen LogP contribution is -2.03. The molecule has 2 N–H and O–H groups in total. The van der Waals surface area contributed by atoms with Crippen molar-refractivity contribution >= 4 is 45.0 Å². The van der Waals surface area contributed by atoms with Gasteiger partial charge in [0.05, 0.1) is 6.61 Å². The van der Waals surface area contributed by atoms with Gasteiger partial charge in [0, 0.05) is 57.3 Å². The van der Waals surface area contributed by atoms with Crippen molar-refractivity contribution in [3.05, 3.63) is 105 Å². The Balaban J connectivity index is 1.74. The molecule has 5 rings (SSSR count). The lowest BCUT2D eigenvalue weighted by atomic mass is 9.84. The maximum absolute atomic E-state index is 6.34. The highest BCUT2D eigenvalue weighted by Crippen LogP contribution is 2.40. The molecule has 0 spiro atoms. The minimum Gasteiger partial charge on any atom is -0.380 e. The molecule has 2 aromatic heterocycles. The number of nitrogens with one attached hydrogen (secondary N) is 2. The number of H-pyrrole nitrogens is 2. The van der Waals surface area contributed by atoms with Crippen molar-refractivity contribution in [1.29, 1.82) is 0 Å². The average molecular weight is 435 g/mol. The number of ether oxygens (including phenoxy) is 1. The van der Waals surface area contributed by atoms with Crippen molar-refractivity contribution in [3.8, 4) is 0 Å². The fraction of sp³-hybridized carbons (Fsp3) is 0.120. The molecule has 5 heteroatoms. The van der Waals surface area contributed by atoms with Crippen molar-refractivity contribution in [2.45, 2.75) is 12.5 Å². The molecule has 0 aliphatic carbocycles. The Morgan fingerprint density at radius 2 is 1.30 bits per heavy atom. The Labute approximate surface area is 184 Å². The largest absolute Gasteiger partial charge is 0.380 e. The van der Waals surface area contributed by atoms with Crippen LogP contribution in [0.2, 0.25) is 10.0 Å². The van der Waals surface area contributed by atoms with Gasteiger partial charge in [0.1, 0.15) is 0 Å². The molecule has 3 aromatic carbocycles. The van der Waals surface area contributed by atoms with E-state index in [4.69, 9.17) is 27.9 Å². The Hall–Kier alpha value is -2.72. The SMILES string of the molecule is COCc1ccc(C(c2c[nH]c3ccc(Cl)cc23)c2c[nH]c3ccc(Cl)cc23)cc1. The van der Waals surface area contributed by atoms with Crippen molar-refractivity contribution in [3.63, 3.8) is 0 Å². The third-order valence-electron chi connectivity index (χ3n) is 5.60. The van der Waals surface area contributed by atoms with Gasteiger partial charge >= 0.3 is 0 Å². The highest BCUT2D eigenvalue weighted by molar-refractivity contribution is 6.31. The standard InChI is InChI=1S/C25H20Cl2N2O/c1-30-14-15-2-4-16(5-3-15)25(21-12-28-23-8-6-17(26)10-19(21)23)22-13-29-24-9-7-18(27)11-20(22)24/h2-13,25,28-29H,14H2,1H3. The maximum atomic E-state index is 6.34. The second-order valence-corrected chi connectivity index (χ2v) is 8.35. The number of fused-ring (bicyclic) bond motifs is 2. The third-order valence-corrected chi connectivity index (χ3v) is 6.07. The fourth-order valence-corrected chi connectivity index (χ4v) is 4.55. The molecule has 0 saturated carbocycles. The van der Waals surface area contributed by atoms with Crippen LogP contribution < -0.4 is 0 Å². The van der Waals surface area contributed by atoms with Gasteiger partial charge in [-0.15, -0.1) is 0 Å². The van der Waals surface area contributed by atoms with Crippen LogP contribution in [-0.4, -0.2) is 17.1 Å². The number of halogens is 2. The number of hydrogen-bond donors (Lipinski definition) is 2. The summed E-state index contributed by atoms with van der Waals surface area (Å²) in [4.78, 5) is 6.81. The Morgan fingerprint density at radius 1 is 0.767 bits per heavy atom. The van der Waals surface area contributed by atoms with Crippen molar-refractivity contribution < 1.29 is 4.74 Å². The molecular formula is C25H20Cl2N2O. The third kappa shape index (κ3) is 3.39. The summed E-state index contributed by atoms with van der Waals surface area (Å²) in [6, 6.07) is 20.5. The zero-order chi connectivity index (χ0) is 20.7. The summed E-state index contributed by atoms with van der Waals surface area (Å²) >= 11 is 12.7. The molecule has 5 aromatic rings. The molecule has 2 heterocycles. The summed E-state index contributed by atoms with van der Waals surface area (Å²) in [5.41, 5.74) is 6.81. The van der Waals surface area contributed by atoms with Crippen LogP contribution in [0.4, 0.5) is 0 Å². The smallest absolute Gasteiger partial charge is 0.0713 e. The monoisotopic (exact) mass is 434 g/mol. The highest BCUT2D eigenvalue weighted by Gasteiger charge is 2.23. The summed E-state index contributed by atoms with van der Waals surface area (Å²) < 4.78 is 5.28. The van der Waals surface area contributed by atoms with E-state index in [1.54, 1.807) is 7.11 Å². The molecule has 0 aliphatic heterocycles. The molecule has 0 bridgehead atoms. The van der Waals surface area contributed by atoms with Crippen LogP contribution in [0.25, 0.3) is 21.8 Å². The first kappa shape index (κ1) is 19.3. The number of benzene rings is 3. The van der Waals surface area contributed by atoms with Crippen LogP contribution >= 0.6 is 23.2 Å². The lowest BCUT2D eigenvalue weighted by molar-refractivity contribution is 0.185. The Morgan fingerprint density at radius 3 is 1.80 bits per heavy atom. The van der Waals surface area contributed by atoms with Crippen LogP contribution in [0.1, 0.15) is 28.2 Å². The Bertz CT molecular complexity index is 1250. The first-order chi connectivity index (χ1) is 14.6. The zero-order valence-electron chi connectivity index (χ0n) is 16.4. The number of methoxy groups -OCH3 is 1. The number of rotatable bonds is 5. The fourth-order valence-electron chi connectivity index (χ4n) is 4.21. The molecule has 0 fully saturated rings. The quantitative estimate of drug-likeness (QED) is 0.299. The van der Waals surface area contributed by atoms with Gasteiger partial charge < -0.3 is 14.7 Å². The number of hydrogen-bond acceptors (Lipinski definition) is 1. The van der Waals surface area contributed by atoms with E-state index >= 15 is 0 Å². The van der Waals surface area contributed by atoms with Crippen molar-refractivity contribution in [2.24, 2.45) is 0 Å². The van der Waals surface area contributed by atoms with Gasteiger partial charge in [0.15, 0.2) is 0 Å². The van der Waals surface area contributed by atoms with Crippen LogP contribution in [0.15, 0.2) is 73.1 Å². The first-order valence-corrected chi connectivity index (χ1v) is 10.5. The molecule has 0 atom stereocenters. The molecular weight excluding hydrogens is 415 g/mol. The van der Waals surface area contributed by atoms with Gasteiger partial charge in [0.2, 0.25) is 0 Å². The van der Waals surface area contributed by atoms with E-state index in [0.29, 0.717) is 6.61 Å². The van der Waals surface area contributed by atoms with Crippen LogP contribution in [0.5, 0.6) is 0 Å². The van der Waals surface area contributed by atoms with E-state index in [0.717, 1.165) is 37.4 Å². The summed E-state index contributed by atoms with van der Waals surface area (Å²) in [6.45, 7) is 0.594. The minimum atomic E-state index is 0.0148. The van der Waals surface area contributed by atoms with Crippen molar-refractivity contribution in [1.82, 2.24) is 9.97 Å². The summed E-state index contributed by atoms with van der Waals surface area (Å²) in [7, 11) is 1.71. The van der Waals surface area contributed by atoms with E-state index < -0.39 is 0 Å². The zero-order valence-corrected chi connectivity index (χ0v) is 17.9. The highest BCUT2D eigenvalue weighted by atomic mass is 35.5. The maximum Gasteiger partial charge on any atom is 0.0713 e. The molecule has 150 valence electrons. The second kappa shape index (κ2) is 7.84. The van der Waals surface area contributed by atoms with E-state index in [9.17, 15) is 0 Å². The summed E-state index contributed by atoms with van der Waals surface area (Å²) in [5, 5.41) is 3.67. The van der Waals surface area contributed by atoms with E-state index in [1.807, 2.05) is 36.4 Å². The average Bonchev–Trinajstić information content (AvgIpc) is 3.34. The molecule has 0 saturated heterocycles. The van der Waals surface area contributed by atoms with E-state index in [-0.39, 0.29) is 5.92 Å². The van der Waals surface area contributed by atoms with Gasteiger partial charge in [0.25, 0.3) is 0 Å². The normalized spacial score (nSPS) is 11.7. The Kier molecular flexibility index (Phi) is 5.03. The predicted molar refractivity (Wildman–Crippen MR) is 125 cm³/mol. The molecule has 0 amide bonds. The first-order valence-electron chi connectivity index (χ1n) is 9.75. The molecule has 3 nitrogen and oxygen atoms in total. The predicted octanol–water partition coefficient (Wildman–Crippen LogP) is 7.28. The van der Waals surface area contributed by atoms with Gasteiger partial charge in [-0.05, 0) is 58.7 Å². The van der Waals surface area contributed by atoms with Gasteiger partial charge in [-0.25, -0.2) is 0 Å². The van der Waals surface area contributed by atoms with Gasteiger partial charge in [-0.3, -0.25) is 0 Å². The molecule has 30 heavy (non-hydrogen) atoms. The number of aromatic nitrogens is 2. The van der Waals surface area contributed by atoms with Crippen LogP contribution in [-0.2, 0) is 11.3 Å². The molecule has 0 aliphatic rings. The summed E-state index contributed by atoms with van der Waals surface area (Å²) in [6.07, 6.45) is 4.16. The second-order valence-electron chi connectivity index (χ2n) is 7.48. The van der Waals surface area contributed by atoms with E-state index in [2.05, 4.69) is 46.6 Å². The van der Waals surface area contributed by atoms with Crippen LogP contribution in [0.3, 0.4) is 0 Å².